The smallest absolute Gasteiger partial charge is 0.345 e. The van der Waals surface area contributed by atoms with E-state index in [1.54, 1.807) is 66.9 Å². The summed E-state index contributed by atoms with van der Waals surface area (Å²) in [5.74, 6) is -0.281. The lowest BCUT2D eigenvalue weighted by Crippen LogP contribution is -2.09. The van der Waals surface area contributed by atoms with Crippen LogP contribution in [0.1, 0.15) is 28.5 Å². The molecule has 0 unspecified atom stereocenters. The summed E-state index contributed by atoms with van der Waals surface area (Å²) in [6.07, 6.45) is 1.65. The number of nitrogens with one attached hydrogen (secondary N) is 1. The molecule has 0 bridgehead atoms. The van der Waals surface area contributed by atoms with E-state index in [1.807, 2.05) is 19.1 Å². The molecule has 0 saturated carbocycles. The van der Waals surface area contributed by atoms with Crippen molar-refractivity contribution in [1.29, 1.82) is 0 Å². The third-order valence-electron chi connectivity index (χ3n) is 4.77. The number of hydrogen-bond acceptors (Lipinski definition) is 5. The number of aliphatic imine (C=N–C) groups is 1. The van der Waals surface area contributed by atoms with Crippen LogP contribution in [0, 0.1) is 6.92 Å². The fourth-order valence-electron chi connectivity index (χ4n) is 3.29. The Morgan fingerprint density at radius 3 is 2.55 bits per heavy atom. The van der Waals surface area contributed by atoms with Gasteiger partial charge in [0.25, 0.3) is 0 Å². The first-order valence-electron chi connectivity index (χ1n) is 10.2. The van der Waals surface area contributed by atoms with Crippen LogP contribution in [0.15, 0.2) is 77.8 Å². The average Bonchev–Trinajstić information content (AvgIpc) is 2.79. The summed E-state index contributed by atoms with van der Waals surface area (Å²) >= 11 is 6.14. The van der Waals surface area contributed by atoms with Crippen LogP contribution in [0.3, 0.4) is 0 Å². The fourth-order valence-corrected chi connectivity index (χ4v) is 3.46. The largest absolute Gasteiger partial charge is 0.422 e. The van der Waals surface area contributed by atoms with E-state index >= 15 is 0 Å². The molecule has 0 aliphatic carbocycles. The van der Waals surface area contributed by atoms with Gasteiger partial charge in [-0.05, 0) is 55.0 Å². The molecule has 0 aliphatic heterocycles. The van der Waals surface area contributed by atoms with E-state index in [2.05, 4.69) is 15.3 Å². The Morgan fingerprint density at radius 2 is 1.79 bits per heavy atom. The third kappa shape index (κ3) is 5.42. The molecule has 0 aliphatic rings. The van der Waals surface area contributed by atoms with E-state index in [0.29, 0.717) is 38.6 Å². The van der Waals surface area contributed by atoms with E-state index in [0.717, 1.165) is 11.3 Å². The molecule has 1 amide bonds. The summed E-state index contributed by atoms with van der Waals surface area (Å²) in [5, 5.41) is 3.90. The van der Waals surface area contributed by atoms with Crippen molar-refractivity contribution < 1.29 is 14.3 Å². The summed E-state index contributed by atoms with van der Waals surface area (Å²) in [7, 11) is 0. The van der Waals surface area contributed by atoms with Crippen molar-refractivity contribution in [2.45, 2.75) is 13.8 Å². The molecule has 4 aromatic rings. The number of carbonyl (C=O) groups excluding carboxylic acids is 2. The van der Waals surface area contributed by atoms with Crippen molar-refractivity contribution >= 4 is 52.0 Å². The van der Waals surface area contributed by atoms with Crippen LogP contribution in [0.4, 0.5) is 11.4 Å². The monoisotopic (exact) mass is 457 g/mol. The fraction of sp³-hybridized carbons (Fsp3) is 0.0769. The number of ether oxygens (including phenoxy) is 1. The number of nitrogens with zero attached hydrogens (tertiary/aromatic N) is 2. The molecular weight excluding hydrogens is 438 g/mol. The second-order valence-electron chi connectivity index (χ2n) is 7.39. The Bertz CT molecular complexity index is 1380. The van der Waals surface area contributed by atoms with Crippen LogP contribution >= 0.6 is 11.6 Å². The average molecular weight is 458 g/mol. The number of benzene rings is 3. The van der Waals surface area contributed by atoms with E-state index in [4.69, 9.17) is 16.3 Å². The molecule has 33 heavy (non-hydrogen) atoms. The topological polar surface area (TPSA) is 80.7 Å². The number of para-hydroxylation sites is 1. The van der Waals surface area contributed by atoms with Crippen LogP contribution < -0.4 is 10.1 Å². The summed E-state index contributed by atoms with van der Waals surface area (Å²) in [6, 6.07) is 21.1. The maximum atomic E-state index is 13.0. The summed E-state index contributed by atoms with van der Waals surface area (Å²) in [4.78, 5) is 33.1. The molecule has 7 heteroatoms. The highest BCUT2D eigenvalue weighted by atomic mass is 35.5. The van der Waals surface area contributed by atoms with Gasteiger partial charge in [-0.1, -0.05) is 35.9 Å². The minimum Gasteiger partial charge on any atom is -0.422 e. The first-order chi connectivity index (χ1) is 15.9. The standard InChI is InChI=1S/C26H20ClN3O3/c1-16-13-25(22-14-19(27)9-12-24(22)29-16)33-26(32)21-5-3-4-6-23(21)28-15-18-7-10-20(11-8-18)30-17(2)31/h3-15H,1-2H3,(H,30,31). The van der Waals surface area contributed by atoms with E-state index < -0.39 is 5.97 Å². The number of anilines is 1. The first-order valence-corrected chi connectivity index (χ1v) is 10.6. The molecule has 0 radical (unpaired) electrons. The Morgan fingerprint density at radius 1 is 1.03 bits per heavy atom. The first kappa shape index (κ1) is 22.2. The van der Waals surface area contributed by atoms with Crippen molar-refractivity contribution in [3.63, 3.8) is 0 Å². The Balaban J connectivity index is 1.59. The number of amides is 1. The highest BCUT2D eigenvalue weighted by Gasteiger charge is 2.16. The van der Waals surface area contributed by atoms with Crippen LogP contribution in [0.25, 0.3) is 10.9 Å². The van der Waals surface area contributed by atoms with Gasteiger partial charge in [-0.3, -0.25) is 14.8 Å². The van der Waals surface area contributed by atoms with E-state index in [-0.39, 0.29) is 5.91 Å². The number of carbonyl (C=O) groups is 2. The third-order valence-corrected chi connectivity index (χ3v) is 5.01. The van der Waals surface area contributed by atoms with Gasteiger partial charge < -0.3 is 10.1 Å². The van der Waals surface area contributed by atoms with E-state index in [1.165, 1.54) is 6.92 Å². The lowest BCUT2D eigenvalue weighted by molar-refractivity contribution is -0.114. The summed E-state index contributed by atoms with van der Waals surface area (Å²) in [6.45, 7) is 3.29. The molecule has 0 fully saturated rings. The molecule has 0 spiro atoms. The zero-order valence-corrected chi connectivity index (χ0v) is 18.8. The van der Waals surface area contributed by atoms with Crippen LogP contribution in [-0.2, 0) is 4.79 Å². The van der Waals surface area contributed by atoms with E-state index in [9.17, 15) is 9.59 Å². The molecule has 1 aromatic heterocycles. The lowest BCUT2D eigenvalue weighted by Gasteiger charge is -2.10. The van der Waals surface area contributed by atoms with Gasteiger partial charge in [0, 0.05) is 41.0 Å². The van der Waals surface area contributed by atoms with Crippen molar-refractivity contribution in [1.82, 2.24) is 4.98 Å². The van der Waals surface area contributed by atoms with Gasteiger partial charge in [-0.15, -0.1) is 0 Å². The molecule has 3 aromatic carbocycles. The van der Waals surface area contributed by atoms with Gasteiger partial charge in [0.1, 0.15) is 5.75 Å². The highest BCUT2D eigenvalue weighted by molar-refractivity contribution is 6.31. The number of fused-ring (bicyclic) bond motifs is 1. The maximum absolute atomic E-state index is 13.0. The predicted molar refractivity (Wildman–Crippen MR) is 131 cm³/mol. The van der Waals surface area contributed by atoms with Gasteiger partial charge in [-0.2, -0.15) is 0 Å². The van der Waals surface area contributed by atoms with Crippen molar-refractivity contribution in [3.05, 3.63) is 94.6 Å². The predicted octanol–water partition coefficient (Wildman–Crippen LogP) is 6.12. The summed E-state index contributed by atoms with van der Waals surface area (Å²) < 4.78 is 5.74. The minimum absolute atomic E-state index is 0.136. The number of aryl methyl sites for hydroxylation is 1. The Hall–Kier alpha value is -4.03. The van der Waals surface area contributed by atoms with Crippen LogP contribution in [0.5, 0.6) is 5.75 Å². The molecule has 1 heterocycles. The SMILES string of the molecule is CC(=O)Nc1ccc(C=Nc2ccccc2C(=O)Oc2cc(C)nc3ccc(Cl)cc23)cc1. The van der Waals surface area contributed by atoms with Gasteiger partial charge in [0.2, 0.25) is 5.91 Å². The number of rotatable bonds is 5. The molecule has 6 nitrogen and oxygen atoms in total. The minimum atomic E-state index is -0.532. The number of aromatic nitrogens is 1. The Kier molecular flexibility index (Phi) is 6.47. The van der Waals surface area contributed by atoms with Crippen molar-refractivity contribution in [2.75, 3.05) is 5.32 Å². The number of hydrogen-bond donors (Lipinski definition) is 1. The van der Waals surface area contributed by atoms with Gasteiger partial charge in [0.05, 0.1) is 16.8 Å². The second kappa shape index (κ2) is 9.63. The number of halogens is 1. The zero-order valence-electron chi connectivity index (χ0n) is 18.0. The molecule has 0 saturated heterocycles. The van der Waals surface area contributed by atoms with Crippen LogP contribution in [-0.4, -0.2) is 23.1 Å². The summed E-state index contributed by atoms with van der Waals surface area (Å²) in [5.41, 5.74) is 3.73. The zero-order chi connectivity index (χ0) is 23.4. The van der Waals surface area contributed by atoms with Gasteiger partial charge in [-0.25, -0.2) is 4.79 Å². The molecule has 1 N–H and O–H groups in total. The molecule has 0 atom stereocenters. The maximum Gasteiger partial charge on any atom is 0.345 e. The second-order valence-corrected chi connectivity index (χ2v) is 7.83. The molecule has 4 rings (SSSR count). The van der Waals surface area contributed by atoms with Crippen molar-refractivity contribution in [3.8, 4) is 5.75 Å². The quantitative estimate of drug-likeness (QED) is 0.289. The number of esters is 1. The number of pyridine rings is 1. The normalized spacial score (nSPS) is 11.0. The molecular formula is C26H20ClN3O3. The highest BCUT2D eigenvalue weighted by Crippen LogP contribution is 2.30. The van der Waals surface area contributed by atoms with Crippen molar-refractivity contribution in [2.24, 2.45) is 4.99 Å². The van der Waals surface area contributed by atoms with Gasteiger partial charge >= 0.3 is 5.97 Å². The van der Waals surface area contributed by atoms with Gasteiger partial charge in [0.15, 0.2) is 0 Å². The molecule has 164 valence electrons. The lowest BCUT2D eigenvalue weighted by atomic mass is 10.1. The van der Waals surface area contributed by atoms with Crippen LogP contribution in [0.2, 0.25) is 5.02 Å². The Labute approximate surface area is 195 Å².